The lowest BCUT2D eigenvalue weighted by molar-refractivity contribution is 0.209. The smallest absolute Gasteiger partial charge is 0.409 e. The normalized spacial score (nSPS) is 8.38. The molecule has 3 heteroatoms. The first-order chi connectivity index (χ1) is 6.24. The van der Waals surface area contributed by atoms with E-state index in [0.29, 0.717) is 11.3 Å². The molecule has 0 atom stereocenters. The maximum absolute atomic E-state index is 10.4. The molecule has 0 spiro atoms. The van der Waals surface area contributed by atoms with E-state index >= 15 is 0 Å². The number of hydrogen-bond acceptors (Lipinski definition) is 1. The van der Waals surface area contributed by atoms with Crippen molar-refractivity contribution in [3.8, 4) is 11.8 Å². The second-order valence-electron chi connectivity index (χ2n) is 2.35. The summed E-state index contributed by atoms with van der Waals surface area (Å²) in [5.41, 5.74) is 1.21. The predicted octanol–water partition coefficient (Wildman–Crippen LogP) is 2.15. The molecule has 0 aliphatic carbocycles. The fourth-order valence-electron chi connectivity index (χ4n) is 0.951. The lowest BCUT2D eigenvalue weighted by Crippen LogP contribution is -2.08. The number of nitrogens with one attached hydrogen (secondary N) is 1. The summed E-state index contributed by atoms with van der Waals surface area (Å²) >= 11 is 0. The molecule has 2 N–H and O–H groups in total. The van der Waals surface area contributed by atoms with Gasteiger partial charge in [-0.1, -0.05) is 18.1 Å². The number of benzene rings is 1. The van der Waals surface area contributed by atoms with Gasteiger partial charge in [0.1, 0.15) is 0 Å². The van der Waals surface area contributed by atoms with Crippen LogP contribution >= 0.6 is 0 Å². The summed E-state index contributed by atoms with van der Waals surface area (Å²) in [7, 11) is 0. The molecule has 1 aromatic carbocycles. The van der Waals surface area contributed by atoms with E-state index in [1.54, 1.807) is 25.1 Å². The number of anilines is 1. The van der Waals surface area contributed by atoms with Gasteiger partial charge in [-0.3, -0.25) is 5.32 Å². The Balaban J connectivity index is 3.02. The van der Waals surface area contributed by atoms with Crippen molar-refractivity contribution in [1.82, 2.24) is 0 Å². The number of amides is 1. The highest BCUT2D eigenvalue weighted by atomic mass is 16.4. The summed E-state index contributed by atoms with van der Waals surface area (Å²) in [4.78, 5) is 10.4. The molecule has 3 nitrogen and oxygen atoms in total. The number of carboxylic acid groups (broad SMARTS) is 1. The maximum atomic E-state index is 10.4. The van der Waals surface area contributed by atoms with Crippen molar-refractivity contribution >= 4 is 11.8 Å². The number of hydrogen-bond donors (Lipinski definition) is 2. The van der Waals surface area contributed by atoms with Crippen LogP contribution in [0.2, 0.25) is 0 Å². The van der Waals surface area contributed by atoms with Crippen LogP contribution in [0, 0.1) is 11.8 Å². The van der Waals surface area contributed by atoms with E-state index in [-0.39, 0.29) is 0 Å². The van der Waals surface area contributed by atoms with Crippen molar-refractivity contribution < 1.29 is 9.90 Å². The Kier molecular flexibility index (Phi) is 2.93. The lowest BCUT2D eigenvalue weighted by Gasteiger charge is -2.02. The van der Waals surface area contributed by atoms with Crippen LogP contribution in [0.1, 0.15) is 12.5 Å². The highest BCUT2D eigenvalue weighted by Crippen LogP contribution is 2.12. The minimum atomic E-state index is -1.08. The van der Waals surface area contributed by atoms with Crippen molar-refractivity contribution in [1.29, 1.82) is 0 Å². The topological polar surface area (TPSA) is 49.3 Å². The summed E-state index contributed by atoms with van der Waals surface area (Å²) in [6.45, 7) is 1.71. The first-order valence-electron chi connectivity index (χ1n) is 3.76. The summed E-state index contributed by atoms with van der Waals surface area (Å²) < 4.78 is 0. The Morgan fingerprint density at radius 1 is 1.46 bits per heavy atom. The molecule has 0 radical (unpaired) electrons. The van der Waals surface area contributed by atoms with Crippen LogP contribution in [0.5, 0.6) is 0 Å². The fraction of sp³-hybridized carbons (Fsp3) is 0.100. The van der Waals surface area contributed by atoms with E-state index in [9.17, 15) is 4.79 Å². The number of rotatable bonds is 1. The van der Waals surface area contributed by atoms with Crippen LogP contribution in [-0.4, -0.2) is 11.2 Å². The quantitative estimate of drug-likeness (QED) is 0.642. The van der Waals surface area contributed by atoms with E-state index in [1.807, 2.05) is 6.07 Å². The summed E-state index contributed by atoms with van der Waals surface area (Å²) in [6.07, 6.45) is -1.08. The Bertz CT molecular complexity index is 374. The third-order valence-corrected chi connectivity index (χ3v) is 1.43. The van der Waals surface area contributed by atoms with E-state index in [0.717, 1.165) is 0 Å². The second kappa shape index (κ2) is 4.17. The minimum absolute atomic E-state index is 0.518. The monoisotopic (exact) mass is 175 g/mol. The van der Waals surface area contributed by atoms with Gasteiger partial charge in [-0.15, -0.1) is 5.92 Å². The molecule has 0 saturated heterocycles. The van der Waals surface area contributed by atoms with Gasteiger partial charge in [-0.2, -0.15) is 0 Å². The van der Waals surface area contributed by atoms with Crippen LogP contribution in [-0.2, 0) is 0 Å². The van der Waals surface area contributed by atoms with Gasteiger partial charge in [0.25, 0.3) is 0 Å². The van der Waals surface area contributed by atoms with Gasteiger partial charge < -0.3 is 5.11 Å². The lowest BCUT2D eigenvalue weighted by atomic mass is 10.2. The van der Waals surface area contributed by atoms with Gasteiger partial charge in [-0.25, -0.2) is 4.79 Å². The van der Waals surface area contributed by atoms with E-state index in [1.165, 1.54) is 0 Å². The molecular formula is C10H9NO2. The zero-order chi connectivity index (χ0) is 9.68. The van der Waals surface area contributed by atoms with Gasteiger partial charge in [0.2, 0.25) is 0 Å². The largest absolute Gasteiger partial charge is 0.465 e. The van der Waals surface area contributed by atoms with Crippen LogP contribution in [0.25, 0.3) is 0 Å². The highest BCUT2D eigenvalue weighted by Gasteiger charge is 2.00. The first kappa shape index (κ1) is 9.14. The molecule has 0 fully saturated rings. The van der Waals surface area contributed by atoms with Gasteiger partial charge in [0, 0.05) is 5.56 Å². The summed E-state index contributed by atoms with van der Waals surface area (Å²) in [5.74, 6) is 5.52. The van der Waals surface area contributed by atoms with E-state index < -0.39 is 6.09 Å². The molecule has 1 amide bonds. The van der Waals surface area contributed by atoms with Crippen LogP contribution in [0.3, 0.4) is 0 Å². The SMILES string of the molecule is CC#Cc1ccccc1NC(=O)O. The van der Waals surface area contributed by atoms with Crippen LogP contribution in [0.4, 0.5) is 10.5 Å². The molecule has 0 aromatic heterocycles. The third-order valence-electron chi connectivity index (χ3n) is 1.43. The van der Waals surface area contributed by atoms with Gasteiger partial charge in [-0.05, 0) is 19.1 Å². The number of para-hydroxylation sites is 1. The Labute approximate surface area is 76.4 Å². The zero-order valence-corrected chi connectivity index (χ0v) is 7.16. The van der Waals surface area contributed by atoms with Crippen molar-refractivity contribution in [3.63, 3.8) is 0 Å². The fourth-order valence-corrected chi connectivity index (χ4v) is 0.951. The molecule has 1 aromatic rings. The minimum Gasteiger partial charge on any atom is -0.465 e. The zero-order valence-electron chi connectivity index (χ0n) is 7.16. The van der Waals surface area contributed by atoms with Gasteiger partial charge in [0.05, 0.1) is 5.69 Å². The average Bonchev–Trinajstić information content (AvgIpc) is 2.08. The Hall–Kier alpha value is -1.95. The first-order valence-corrected chi connectivity index (χ1v) is 3.76. The summed E-state index contributed by atoms with van der Waals surface area (Å²) in [6, 6.07) is 7.01. The molecule has 0 aliphatic rings. The van der Waals surface area contributed by atoms with Gasteiger partial charge in [0.15, 0.2) is 0 Å². The molecular weight excluding hydrogens is 166 g/mol. The second-order valence-corrected chi connectivity index (χ2v) is 2.35. The van der Waals surface area contributed by atoms with Crippen molar-refractivity contribution in [2.75, 3.05) is 5.32 Å². The molecule has 0 unspecified atom stereocenters. The Morgan fingerprint density at radius 2 is 2.15 bits per heavy atom. The van der Waals surface area contributed by atoms with Crippen molar-refractivity contribution in [2.24, 2.45) is 0 Å². The van der Waals surface area contributed by atoms with Crippen molar-refractivity contribution in [2.45, 2.75) is 6.92 Å². The van der Waals surface area contributed by atoms with E-state index in [4.69, 9.17) is 5.11 Å². The molecule has 0 bridgehead atoms. The molecule has 1 rings (SSSR count). The average molecular weight is 175 g/mol. The molecule has 66 valence electrons. The third kappa shape index (κ3) is 2.53. The predicted molar refractivity (Wildman–Crippen MR) is 50.6 cm³/mol. The molecule has 0 heterocycles. The maximum Gasteiger partial charge on any atom is 0.409 e. The standard InChI is InChI=1S/C10H9NO2/c1-2-5-8-6-3-4-7-9(8)11-10(12)13/h3-4,6-7,11H,1H3,(H,12,13). The van der Waals surface area contributed by atoms with E-state index in [2.05, 4.69) is 17.2 Å². The number of carbonyl (C=O) groups is 1. The van der Waals surface area contributed by atoms with Crippen molar-refractivity contribution in [3.05, 3.63) is 29.8 Å². The highest BCUT2D eigenvalue weighted by molar-refractivity contribution is 5.85. The Morgan fingerprint density at radius 3 is 2.77 bits per heavy atom. The van der Waals surface area contributed by atoms with Crippen LogP contribution in [0.15, 0.2) is 24.3 Å². The van der Waals surface area contributed by atoms with Gasteiger partial charge >= 0.3 is 6.09 Å². The molecule has 0 aliphatic heterocycles. The van der Waals surface area contributed by atoms with Crippen LogP contribution < -0.4 is 5.32 Å². The summed E-state index contributed by atoms with van der Waals surface area (Å²) in [5, 5.41) is 10.8. The molecule has 0 saturated carbocycles. The molecule has 13 heavy (non-hydrogen) atoms.